The zero-order chi connectivity index (χ0) is 41.9. The molecular weight excluding hydrogens is 801 g/mol. The van der Waals surface area contributed by atoms with Crippen molar-refractivity contribution < 1.29 is 4.74 Å². The van der Waals surface area contributed by atoms with E-state index in [4.69, 9.17) is 19.7 Å². The van der Waals surface area contributed by atoms with Crippen LogP contribution in [0.25, 0.3) is 125 Å². The van der Waals surface area contributed by atoms with Crippen LogP contribution in [-0.2, 0) is 6.61 Å². The molecular formula is C58H34N4OS. The Balaban J connectivity index is 1.11. The van der Waals surface area contributed by atoms with Crippen LogP contribution in [0.4, 0.5) is 0 Å². The normalized spacial score (nSPS) is 12.4. The summed E-state index contributed by atoms with van der Waals surface area (Å²) in [6, 6.07) is 69.5. The minimum atomic E-state index is 0.474. The summed E-state index contributed by atoms with van der Waals surface area (Å²) in [5.74, 6) is 2.64. The Morgan fingerprint density at radius 3 is 1.86 bits per heavy atom. The van der Waals surface area contributed by atoms with E-state index in [9.17, 15) is 0 Å². The van der Waals surface area contributed by atoms with E-state index in [0.29, 0.717) is 24.1 Å². The number of benzene rings is 10. The molecule has 0 saturated carbocycles. The summed E-state index contributed by atoms with van der Waals surface area (Å²) < 4.78 is 11.7. The van der Waals surface area contributed by atoms with E-state index >= 15 is 0 Å². The molecule has 1 aliphatic rings. The lowest BCUT2D eigenvalue weighted by Gasteiger charge is -2.27. The van der Waals surface area contributed by atoms with Gasteiger partial charge in [-0.1, -0.05) is 133 Å². The summed E-state index contributed by atoms with van der Waals surface area (Å²) in [6.45, 7) is 0.474. The first-order chi connectivity index (χ1) is 31.7. The minimum Gasteiger partial charge on any atom is -0.488 e. The molecule has 4 heterocycles. The van der Waals surface area contributed by atoms with E-state index in [1.54, 1.807) is 0 Å². The van der Waals surface area contributed by atoms with Crippen molar-refractivity contribution >= 4 is 85.6 Å². The number of para-hydroxylation sites is 1. The van der Waals surface area contributed by atoms with Gasteiger partial charge < -0.3 is 9.30 Å². The zero-order valence-corrected chi connectivity index (χ0v) is 35.1. The lowest BCUT2D eigenvalue weighted by Crippen LogP contribution is -2.11. The van der Waals surface area contributed by atoms with Gasteiger partial charge in [-0.2, -0.15) is 0 Å². The van der Waals surface area contributed by atoms with E-state index in [0.717, 1.165) is 61.1 Å². The van der Waals surface area contributed by atoms with Crippen molar-refractivity contribution in [3.63, 3.8) is 0 Å². The monoisotopic (exact) mass is 834 g/mol. The highest BCUT2D eigenvalue weighted by atomic mass is 32.1. The Bertz CT molecular complexity index is 4110. The van der Waals surface area contributed by atoms with Crippen LogP contribution in [0.3, 0.4) is 0 Å². The molecule has 0 unspecified atom stereocenters. The Morgan fingerprint density at radius 2 is 1.02 bits per heavy atom. The van der Waals surface area contributed by atoms with Gasteiger partial charge in [0.1, 0.15) is 12.4 Å². The molecule has 0 aliphatic carbocycles. The van der Waals surface area contributed by atoms with Crippen molar-refractivity contribution in [1.82, 2.24) is 19.5 Å². The quantitative estimate of drug-likeness (QED) is 0.177. The standard InChI is InChI=1S/C58H34N4OS/c1-2-13-36-29-39(22-21-34(36)11-1)56-59-57(40-24-28-53-47(31-40)43-18-8-10-20-52(43)64-53)61-58(60-56)45-26-27-51-54(44-25-23-35-12-5-6-16-41(35)48(44)33-63-51)55(45)62-49-19-9-7-17-42(49)46-30-37-14-3-4-15-38(37)32-50(46)62/h1-32H,33H2. The van der Waals surface area contributed by atoms with Gasteiger partial charge in [0.05, 0.1) is 16.7 Å². The lowest BCUT2D eigenvalue weighted by molar-refractivity contribution is 0.304. The third kappa shape index (κ3) is 5.33. The predicted molar refractivity (Wildman–Crippen MR) is 266 cm³/mol. The average Bonchev–Trinajstić information content (AvgIpc) is 3.89. The average molecular weight is 835 g/mol. The molecule has 5 nitrogen and oxygen atoms in total. The third-order valence-corrected chi connectivity index (χ3v) is 14.3. The molecule has 0 saturated heterocycles. The fourth-order valence-electron chi connectivity index (χ4n) is 10.1. The van der Waals surface area contributed by atoms with Gasteiger partial charge in [-0.05, 0) is 98.5 Å². The van der Waals surface area contributed by atoms with E-state index in [-0.39, 0.29) is 0 Å². The zero-order valence-electron chi connectivity index (χ0n) is 34.3. The van der Waals surface area contributed by atoms with E-state index in [1.807, 2.05) is 11.3 Å². The molecule has 0 fully saturated rings. The van der Waals surface area contributed by atoms with Gasteiger partial charge in [0.2, 0.25) is 0 Å². The smallest absolute Gasteiger partial charge is 0.166 e. The Kier molecular flexibility index (Phi) is 7.55. The van der Waals surface area contributed by atoms with Crippen LogP contribution in [0.15, 0.2) is 194 Å². The molecule has 0 N–H and O–H groups in total. The molecule has 14 rings (SSSR count). The third-order valence-electron chi connectivity index (χ3n) is 13.1. The molecule has 0 spiro atoms. The van der Waals surface area contributed by atoms with Crippen molar-refractivity contribution in [2.24, 2.45) is 0 Å². The van der Waals surface area contributed by atoms with Crippen LogP contribution in [0.5, 0.6) is 5.75 Å². The summed E-state index contributed by atoms with van der Waals surface area (Å²) in [7, 11) is 0. The summed E-state index contributed by atoms with van der Waals surface area (Å²) in [6.07, 6.45) is 0. The minimum absolute atomic E-state index is 0.474. The molecule has 3 aromatic heterocycles. The maximum Gasteiger partial charge on any atom is 0.166 e. The second kappa shape index (κ2) is 13.7. The first-order valence-electron chi connectivity index (χ1n) is 21.6. The predicted octanol–water partition coefficient (Wildman–Crippen LogP) is 15.4. The highest BCUT2D eigenvalue weighted by Gasteiger charge is 2.29. The fourth-order valence-corrected chi connectivity index (χ4v) is 11.2. The number of thiophene rings is 1. The topological polar surface area (TPSA) is 52.8 Å². The molecule has 1 aliphatic heterocycles. The summed E-state index contributed by atoms with van der Waals surface area (Å²) in [5, 5.41) is 11.8. The lowest BCUT2D eigenvalue weighted by atomic mass is 9.89. The first kappa shape index (κ1) is 35.4. The summed E-state index contributed by atoms with van der Waals surface area (Å²) >= 11 is 1.81. The number of hydrogen-bond acceptors (Lipinski definition) is 5. The summed E-state index contributed by atoms with van der Waals surface area (Å²) in [4.78, 5) is 16.3. The van der Waals surface area contributed by atoms with Gasteiger partial charge in [0.15, 0.2) is 17.5 Å². The second-order valence-electron chi connectivity index (χ2n) is 16.7. The van der Waals surface area contributed by atoms with Gasteiger partial charge in [0.25, 0.3) is 0 Å². The molecule has 64 heavy (non-hydrogen) atoms. The Hall–Kier alpha value is -8.19. The number of aromatic nitrogens is 4. The van der Waals surface area contributed by atoms with Gasteiger partial charge >= 0.3 is 0 Å². The number of fused-ring (bicyclic) bond motifs is 13. The number of hydrogen-bond donors (Lipinski definition) is 0. The van der Waals surface area contributed by atoms with E-state index in [2.05, 4.69) is 199 Å². The van der Waals surface area contributed by atoms with Crippen molar-refractivity contribution in [2.75, 3.05) is 0 Å². The van der Waals surface area contributed by atoms with Gasteiger partial charge in [-0.25, -0.2) is 15.0 Å². The van der Waals surface area contributed by atoms with Crippen molar-refractivity contribution in [3.05, 3.63) is 200 Å². The van der Waals surface area contributed by atoms with Crippen LogP contribution in [0.1, 0.15) is 5.56 Å². The van der Waals surface area contributed by atoms with Crippen LogP contribution >= 0.6 is 11.3 Å². The molecule has 0 amide bonds. The molecule has 6 heteroatoms. The van der Waals surface area contributed by atoms with Crippen LogP contribution < -0.4 is 4.74 Å². The highest BCUT2D eigenvalue weighted by molar-refractivity contribution is 7.25. The molecule has 0 atom stereocenters. The number of rotatable bonds is 4. The molecule has 13 aromatic rings. The molecule has 0 bridgehead atoms. The Labute approximate surface area is 371 Å². The highest BCUT2D eigenvalue weighted by Crippen LogP contribution is 2.50. The fraction of sp³-hybridized carbons (Fsp3) is 0.0172. The number of nitrogens with zero attached hydrogens (tertiary/aromatic N) is 4. The first-order valence-corrected chi connectivity index (χ1v) is 22.4. The largest absolute Gasteiger partial charge is 0.488 e. The van der Waals surface area contributed by atoms with Crippen molar-refractivity contribution in [2.45, 2.75) is 6.61 Å². The van der Waals surface area contributed by atoms with E-state index in [1.165, 1.54) is 58.1 Å². The van der Waals surface area contributed by atoms with Crippen molar-refractivity contribution in [1.29, 1.82) is 0 Å². The van der Waals surface area contributed by atoms with Gasteiger partial charge in [-0.15, -0.1) is 11.3 Å². The summed E-state index contributed by atoms with van der Waals surface area (Å²) in [5.41, 5.74) is 9.22. The second-order valence-corrected chi connectivity index (χ2v) is 17.8. The number of ether oxygens (including phenoxy) is 1. The Morgan fingerprint density at radius 1 is 0.406 bits per heavy atom. The van der Waals surface area contributed by atoms with Crippen molar-refractivity contribution in [3.8, 4) is 56.7 Å². The van der Waals surface area contributed by atoms with Crippen LogP contribution in [0.2, 0.25) is 0 Å². The maximum atomic E-state index is 6.81. The SMILES string of the molecule is c1ccc2cc(-c3nc(-c4ccc5sc6ccccc6c5c4)nc(-c4ccc5c(c4-n4c6ccccc6c6cc7ccccc7cc64)-c4ccc6ccccc6c4CO5)n3)ccc2c1. The van der Waals surface area contributed by atoms with E-state index < -0.39 is 0 Å². The maximum absolute atomic E-state index is 6.81. The van der Waals surface area contributed by atoms with Crippen LogP contribution in [0, 0.1) is 0 Å². The van der Waals surface area contributed by atoms with Crippen LogP contribution in [-0.4, -0.2) is 19.5 Å². The van der Waals surface area contributed by atoms with Gasteiger partial charge in [-0.3, -0.25) is 0 Å². The van der Waals surface area contributed by atoms with Gasteiger partial charge in [0, 0.05) is 58.8 Å². The molecule has 10 aromatic carbocycles. The molecule has 298 valence electrons. The molecule has 0 radical (unpaired) electrons.